The highest BCUT2D eigenvalue weighted by molar-refractivity contribution is 5.89. The zero-order valence-corrected chi connectivity index (χ0v) is 14.2. The lowest BCUT2D eigenvalue weighted by molar-refractivity contribution is -0.0726. The number of esters is 1. The van der Waals surface area contributed by atoms with E-state index in [0.717, 1.165) is 32.5 Å². The van der Waals surface area contributed by atoms with Crippen molar-refractivity contribution in [2.75, 3.05) is 33.4 Å². The van der Waals surface area contributed by atoms with Crippen LogP contribution in [-0.4, -0.2) is 61.6 Å². The van der Waals surface area contributed by atoms with Gasteiger partial charge in [-0.05, 0) is 49.5 Å². The number of methoxy groups -OCH3 is 1. The van der Waals surface area contributed by atoms with Crippen LogP contribution in [0.2, 0.25) is 0 Å². The first kappa shape index (κ1) is 17.7. The summed E-state index contributed by atoms with van der Waals surface area (Å²) in [4.78, 5) is 26.0. The number of aliphatic hydroxyl groups excluding tert-OH is 1. The van der Waals surface area contributed by atoms with Crippen molar-refractivity contribution in [1.82, 2.24) is 4.90 Å². The molecule has 2 atom stereocenters. The van der Waals surface area contributed by atoms with Crippen molar-refractivity contribution in [3.8, 4) is 0 Å². The van der Waals surface area contributed by atoms with Gasteiger partial charge in [-0.1, -0.05) is 12.1 Å². The average Bonchev–Trinajstić information content (AvgIpc) is 2.66. The standard InChI is InChI=1S/C18H23NO6/c1-23-17(21)14-4-2-3-13(9-14)16(11-20)25-18(22)24-15-10-19-7-5-12(15)6-8-19/h2-4,9,12,15-16,20H,5-8,10-11H2,1H3. The first-order chi connectivity index (χ1) is 12.1. The van der Waals surface area contributed by atoms with Crippen LogP contribution in [-0.2, 0) is 14.2 Å². The first-order valence-corrected chi connectivity index (χ1v) is 8.49. The molecule has 136 valence electrons. The van der Waals surface area contributed by atoms with Gasteiger partial charge in [0.25, 0.3) is 0 Å². The second kappa shape index (κ2) is 7.84. The molecule has 0 aromatic heterocycles. The van der Waals surface area contributed by atoms with Crippen molar-refractivity contribution >= 4 is 12.1 Å². The summed E-state index contributed by atoms with van der Waals surface area (Å²) in [6, 6.07) is 6.45. The third-order valence-corrected chi connectivity index (χ3v) is 4.93. The molecule has 3 heterocycles. The molecule has 3 fully saturated rings. The van der Waals surface area contributed by atoms with E-state index in [1.54, 1.807) is 18.2 Å². The molecule has 1 N–H and O–H groups in total. The van der Waals surface area contributed by atoms with Gasteiger partial charge in [0.1, 0.15) is 6.10 Å². The van der Waals surface area contributed by atoms with Crippen molar-refractivity contribution in [2.24, 2.45) is 5.92 Å². The fraction of sp³-hybridized carbons (Fsp3) is 0.556. The Balaban J connectivity index is 1.62. The van der Waals surface area contributed by atoms with Crippen LogP contribution in [0.4, 0.5) is 4.79 Å². The smallest absolute Gasteiger partial charge is 0.465 e. The van der Waals surface area contributed by atoms with Crippen LogP contribution < -0.4 is 0 Å². The van der Waals surface area contributed by atoms with Gasteiger partial charge in [0.15, 0.2) is 6.10 Å². The molecule has 0 radical (unpaired) electrons. The number of carbonyl (C=O) groups excluding carboxylic acids is 2. The van der Waals surface area contributed by atoms with Crippen molar-refractivity contribution in [3.05, 3.63) is 35.4 Å². The molecule has 3 aliphatic rings. The zero-order valence-electron chi connectivity index (χ0n) is 14.2. The molecule has 0 aliphatic carbocycles. The SMILES string of the molecule is COC(=O)c1cccc(C(CO)OC(=O)OC2CN3CCC2CC3)c1. The Hall–Kier alpha value is -2.12. The summed E-state index contributed by atoms with van der Waals surface area (Å²) in [5.74, 6) is -0.110. The van der Waals surface area contributed by atoms with Gasteiger partial charge in [-0.2, -0.15) is 0 Å². The van der Waals surface area contributed by atoms with E-state index in [9.17, 15) is 14.7 Å². The number of carbonyl (C=O) groups is 2. The van der Waals surface area contributed by atoms with E-state index < -0.39 is 24.8 Å². The van der Waals surface area contributed by atoms with Gasteiger partial charge < -0.3 is 19.3 Å². The van der Waals surface area contributed by atoms with E-state index in [-0.39, 0.29) is 6.10 Å². The van der Waals surface area contributed by atoms with E-state index in [0.29, 0.717) is 17.0 Å². The third-order valence-electron chi connectivity index (χ3n) is 4.93. The lowest BCUT2D eigenvalue weighted by Crippen LogP contribution is -2.52. The van der Waals surface area contributed by atoms with Crippen molar-refractivity contribution < 1.29 is 28.9 Å². The third kappa shape index (κ3) is 4.11. The summed E-state index contributed by atoms with van der Waals surface area (Å²) < 4.78 is 15.4. The number of piperidine rings is 3. The van der Waals surface area contributed by atoms with Crippen LogP contribution in [0.15, 0.2) is 24.3 Å². The number of benzene rings is 1. The molecule has 3 aliphatic heterocycles. The van der Waals surface area contributed by atoms with Crippen LogP contribution in [0, 0.1) is 5.92 Å². The highest BCUT2D eigenvalue weighted by Crippen LogP contribution is 2.30. The highest BCUT2D eigenvalue weighted by atomic mass is 16.7. The zero-order chi connectivity index (χ0) is 17.8. The van der Waals surface area contributed by atoms with Crippen LogP contribution in [0.5, 0.6) is 0 Å². The summed E-state index contributed by atoms with van der Waals surface area (Å²) in [5, 5.41) is 9.57. The summed E-state index contributed by atoms with van der Waals surface area (Å²) in [7, 11) is 1.29. The van der Waals surface area contributed by atoms with Gasteiger partial charge in [0, 0.05) is 6.54 Å². The molecule has 2 bridgehead atoms. The van der Waals surface area contributed by atoms with E-state index in [1.165, 1.54) is 13.2 Å². The molecule has 1 aromatic rings. The minimum absolute atomic E-state index is 0.157. The topological polar surface area (TPSA) is 85.3 Å². The molecule has 7 heteroatoms. The lowest BCUT2D eigenvalue weighted by atomic mass is 9.86. The number of rotatable bonds is 5. The lowest BCUT2D eigenvalue weighted by Gasteiger charge is -2.43. The Morgan fingerprint density at radius 3 is 2.68 bits per heavy atom. The quantitative estimate of drug-likeness (QED) is 0.811. The molecular formula is C18H23NO6. The maximum absolute atomic E-state index is 12.1. The molecule has 0 spiro atoms. The average molecular weight is 349 g/mol. The number of nitrogens with zero attached hydrogens (tertiary/aromatic N) is 1. The van der Waals surface area contributed by atoms with Crippen molar-refractivity contribution in [2.45, 2.75) is 25.0 Å². The largest absolute Gasteiger partial charge is 0.509 e. The van der Waals surface area contributed by atoms with Gasteiger partial charge in [0.05, 0.1) is 19.3 Å². The maximum atomic E-state index is 12.1. The van der Waals surface area contributed by atoms with Gasteiger partial charge >= 0.3 is 12.1 Å². The number of hydrogen-bond donors (Lipinski definition) is 1. The van der Waals surface area contributed by atoms with Gasteiger partial charge in [0.2, 0.25) is 0 Å². The highest BCUT2D eigenvalue weighted by Gasteiger charge is 2.37. The molecular weight excluding hydrogens is 326 g/mol. The van der Waals surface area contributed by atoms with Crippen LogP contribution in [0.1, 0.15) is 34.9 Å². The normalized spacial score (nSPS) is 25.9. The first-order valence-electron chi connectivity index (χ1n) is 8.49. The second-order valence-corrected chi connectivity index (χ2v) is 6.45. The number of aliphatic hydroxyl groups is 1. The molecule has 7 nitrogen and oxygen atoms in total. The molecule has 0 amide bonds. The summed E-state index contributed by atoms with van der Waals surface area (Å²) in [5.41, 5.74) is 0.837. The summed E-state index contributed by atoms with van der Waals surface area (Å²) >= 11 is 0. The predicted octanol–water partition coefficient (Wildman–Crippen LogP) is 1.75. The van der Waals surface area contributed by atoms with Crippen LogP contribution in [0.3, 0.4) is 0 Å². The maximum Gasteiger partial charge on any atom is 0.509 e. The number of fused-ring (bicyclic) bond motifs is 3. The molecule has 2 unspecified atom stereocenters. The Kier molecular flexibility index (Phi) is 5.55. The minimum Gasteiger partial charge on any atom is -0.465 e. The van der Waals surface area contributed by atoms with E-state index >= 15 is 0 Å². The fourth-order valence-corrected chi connectivity index (χ4v) is 3.51. The van der Waals surface area contributed by atoms with Gasteiger partial charge in [-0.25, -0.2) is 9.59 Å². The molecule has 4 rings (SSSR count). The van der Waals surface area contributed by atoms with E-state index in [1.807, 2.05) is 0 Å². The van der Waals surface area contributed by atoms with Crippen molar-refractivity contribution in [3.63, 3.8) is 0 Å². The summed E-state index contributed by atoms with van der Waals surface area (Å²) in [6.07, 6.45) is 0.223. The predicted molar refractivity (Wildman–Crippen MR) is 88.1 cm³/mol. The monoisotopic (exact) mass is 349 g/mol. The Morgan fingerprint density at radius 2 is 2.08 bits per heavy atom. The Morgan fingerprint density at radius 1 is 1.32 bits per heavy atom. The van der Waals surface area contributed by atoms with Gasteiger partial charge in [-0.3, -0.25) is 4.90 Å². The fourth-order valence-electron chi connectivity index (χ4n) is 3.51. The molecule has 3 saturated heterocycles. The molecule has 1 aromatic carbocycles. The Labute approximate surface area is 146 Å². The van der Waals surface area contributed by atoms with E-state index in [2.05, 4.69) is 9.64 Å². The van der Waals surface area contributed by atoms with Crippen molar-refractivity contribution in [1.29, 1.82) is 0 Å². The number of hydrogen-bond acceptors (Lipinski definition) is 7. The Bertz CT molecular complexity index is 626. The van der Waals surface area contributed by atoms with Crippen LogP contribution in [0.25, 0.3) is 0 Å². The molecule has 0 saturated carbocycles. The van der Waals surface area contributed by atoms with E-state index in [4.69, 9.17) is 9.47 Å². The van der Waals surface area contributed by atoms with Crippen LogP contribution >= 0.6 is 0 Å². The summed E-state index contributed by atoms with van der Waals surface area (Å²) in [6.45, 7) is 2.44. The second-order valence-electron chi connectivity index (χ2n) is 6.45. The van der Waals surface area contributed by atoms with Gasteiger partial charge in [-0.15, -0.1) is 0 Å². The minimum atomic E-state index is -0.891. The molecule has 25 heavy (non-hydrogen) atoms. The number of ether oxygens (including phenoxy) is 3.